The minimum atomic E-state index is -0.411. The smallest absolute Gasteiger partial charge is 0.343 e. The maximum absolute atomic E-state index is 12.1. The van der Waals surface area contributed by atoms with Crippen molar-refractivity contribution in [3.8, 4) is 5.75 Å². The van der Waals surface area contributed by atoms with Crippen LogP contribution in [0.25, 0.3) is 0 Å². The molecule has 0 radical (unpaired) electrons. The van der Waals surface area contributed by atoms with Crippen molar-refractivity contribution in [3.63, 3.8) is 0 Å². The van der Waals surface area contributed by atoms with Gasteiger partial charge in [-0.1, -0.05) is 36.9 Å². The van der Waals surface area contributed by atoms with E-state index in [4.69, 9.17) is 4.74 Å². The van der Waals surface area contributed by atoms with Crippen LogP contribution in [0.1, 0.15) is 21.5 Å². The lowest BCUT2D eigenvalue weighted by atomic mass is 10.1. The third kappa shape index (κ3) is 3.89. The average molecular weight is 280 g/mol. The van der Waals surface area contributed by atoms with E-state index in [1.165, 1.54) is 6.08 Å². The number of hydrogen-bond donors (Lipinski definition) is 0. The monoisotopic (exact) mass is 280 g/mol. The van der Waals surface area contributed by atoms with Crippen molar-refractivity contribution >= 4 is 11.8 Å². The Morgan fingerprint density at radius 1 is 1.10 bits per heavy atom. The average Bonchev–Trinajstić information content (AvgIpc) is 2.50. The van der Waals surface area contributed by atoms with E-state index in [0.29, 0.717) is 11.3 Å². The Morgan fingerprint density at radius 2 is 1.76 bits per heavy atom. The van der Waals surface area contributed by atoms with Gasteiger partial charge in [0.05, 0.1) is 5.56 Å². The molecule has 0 aliphatic rings. The summed E-state index contributed by atoms with van der Waals surface area (Å²) in [6, 6.07) is 14.2. The molecule has 0 spiro atoms. The highest BCUT2D eigenvalue weighted by atomic mass is 16.5. The van der Waals surface area contributed by atoms with Crippen molar-refractivity contribution in [3.05, 3.63) is 77.9 Å². The summed E-state index contributed by atoms with van der Waals surface area (Å²) >= 11 is 0. The topological polar surface area (TPSA) is 43.4 Å². The number of carbonyl (C=O) groups excluding carboxylic acids is 2. The summed E-state index contributed by atoms with van der Waals surface area (Å²) in [5.74, 6) is 0.0875. The van der Waals surface area contributed by atoms with E-state index in [1.807, 2.05) is 25.1 Å². The summed E-state index contributed by atoms with van der Waals surface area (Å²) in [5.41, 5.74) is 2.19. The van der Waals surface area contributed by atoms with E-state index in [1.54, 1.807) is 30.3 Å². The molecule has 2 aromatic carbocycles. The maximum Gasteiger partial charge on any atom is 0.343 e. The SMILES string of the molecule is C=CC(=O)Cc1ccc(C(=O)Oc2ccccc2C)cc1. The number of para-hydroxylation sites is 1. The van der Waals surface area contributed by atoms with Gasteiger partial charge in [0.2, 0.25) is 0 Å². The second kappa shape index (κ2) is 6.66. The van der Waals surface area contributed by atoms with Gasteiger partial charge in [-0.3, -0.25) is 4.79 Å². The second-order valence-corrected chi connectivity index (χ2v) is 4.70. The van der Waals surface area contributed by atoms with Gasteiger partial charge < -0.3 is 4.74 Å². The molecule has 0 unspecified atom stereocenters. The first-order valence-corrected chi connectivity index (χ1v) is 6.62. The molecule has 0 atom stereocenters. The summed E-state index contributed by atoms with van der Waals surface area (Å²) in [5, 5.41) is 0. The fourth-order valence-corrected chi connectivity index (χ4v) is 1.86. The molecular weight excluding hydrogens is 264 g/mol. The van der Waals surface area contributed by atoms with Crippen LogP contribution in [-0.2, 0) is 11.2 Å². The summed E-state index contributed by atoms with van der Waals surface area (Å²) in [4.78, 5) is 23.3. The number of carbonyl (C=O) groups is 2. The van der Waals surface area contributed by atoms with E-state index in [-0.39, 0.29) is 12.2 Å². The van der Waals surface area contributed by atoms with Crippen LogP contribution in [0, 0.1) is 6.92 Å². The summed E-state index contributed by atoms with van der Waals surface area (Å²) in [7, 11) is 0. The van der Waals surface area contributed by atoms with Gasteiger partial charge in [-0.05, 0) is 42.3 Å². The molecule has 2 aromatic rings. The van der Waals surface area contributed by atoms with Gasteiger partial charge in [0.25, 0.3) is 0 Å². The molecule has 0 saturated carbocycles. The van der Waals surface area contributed by atoms with Crippen LogP contribution >= 0.6 is 0 Å². The molecule has 0 bridgehead atoms. The Balaban J connectivity index is 2.08. The van der Waals surface area contributed by atoms with Crippen LogP contribution in [0.5, 0.6) is 5.75 Å². The van der Waals surface area contributed by atoms with Crippen LogP contribution in [0.4, 0.5) is 0 Å². The zero-order valence-electron chi connectivity index (χ0n) is 11.8. The molecule has 0 aliphatic carbocycles. The zero-order chi connectivity index (χ0) is 15.2. The molecule has 0 fully saturated rings. The number of rotatable bonds is 5. The number of allylic oxidation sites excluding steroid dienone is 1. The standard InChI is InChI=1S/C18H16O3/c1-3-16(19)12-14-8-10-15(11-9-14)18(20)21-17-7-5-4-6-13(17)2/h3-11H,1,12H2,2H3. The van der Waals surface area contributed by atoms with Crippen LogP contribution in [0.3, 0.4) is 0 Å². The number of ketones is 1. The molecule has 21 heavy (non-hydrogen) atoms. The molecule has 0 N–H and O–H groups in total. The van der Waals surface area contributed by atoms with Crippen molar-refractivity contribution in [2.75, 3.05) is 0 Å². The highest BCUT2D eigenvalue weighted by molar-refractivity contribution is 5.92. The van der Waals surface area contributed by atoms with Gasteiger partial charge in [-0.2, -0.15) is 0 Å². The number of aryl methyl sites for hydroxylation is 1. The van der Waals surface area contributed by atoms with Crippen LogP contribution in [0.2, 0.25) is 0 Å². The molecule has 0 aliphatic heterocycles. The Bertz CT molecular complexity index is 669. The summed E-state index contributed by atoms with van der Waals surface area (Å²) in [6.45, 7) is 5.32. The van der Waals surface area contributed by atoms with Gasteiger partial charge in [-0.15, -0.1) is 0 Å². The highest BCUT2D eigenvalue weighted by Crippen LogP contribution is 2.18. The first kappa shape index (κ1) is 14.7. The van der Waals surface area contributed by atoms with E-state index >= 15 is 0 Å². The molecule has 3 nitrogen and oxygen atoms in total. The largest absolute Gasteiger partial charge is 0.423 e. The number of benzene rings is 2. The van der Waals surface area contributed by atoms with Crippen LogP contribution in [0.15, 0.2) is 61.2 Å². The molecule has 2 rings (SSSR count). The fraction of sp³-hybridized carbons (Fsp3) is 0.111. The van der Waals surface area contributed by atoms with Crippen molar-refractivity contribution in [1.82, 2.24) is 0 Å². The summed E-state index contributed by atoms with van der Waals surface area (Å²) in [6.07, 6.45) is 1.58. The van der Waals surface area contributed by atoms with Crippen LogP contribution < -0.4 is 4.74 Å². The molecule has 0 heterocycles. The number of esters is 1. The van der Waals surface area contributed by atoms with Crippen molar-refractivity contribution in [2.24, 2.45) is 0 Å². The molecule has 0 saturated heterocycles. The lowest BCUT2D eigenvalue weighted by Crippen LogP contribution is -2.09. The third-order valence-corrected chi connectivity index (χ3v) is 3.09. The van der Waals surface area contributed by atoms with Crippen molar-refractivity contribution in [2.45, 2.75) is 13.3 Å². The summed E-state index contributed by atoms with van der Waals surface area (Å²) < 4.78 is 5.35. The fourth-order valence-electron chi connectivity index (χ4n) is 1.86. The molecule has 0 amide bonds. The van der Waals surface area contributed by atoms with Gasteiger partial charge in [0, 0.05) is 6.42 Å². The third-order valence-electron chi connectivity index (χ3n) is 3.09. The Morgan fingerprint density at radius 3 is 2.38 bits per heavy atom. The normalized spacial score (nSPS) is 9.95. The van der Waals surface area contributed by atoms with E-state index in [0.717, 1.165) is 11.1 Å². The van der Waals surface area contributed by atoms with Crippen LogP contribution in [-0.4, -0.2) is 11.8 Å². The first-order valence-electron chi connectivity index (χ1n) is 6.62. The Kier molecular flexibility index (Phi) is 4.67. The van der Waals surface area contributed by atoms with E-state index < -0.39 is 5.97 Å². The Labute approximate surface area is 123 Å². The maximum atomic E-state index is 12.1. The van der Waals surface area contributed by atoms with Gasteiger partial charge in [0.15, 0.2) is 5.78 Å². The predicted octanol–water partition coefficient (Wildman–Crippen LogP) is 3.51. The number of hydrogen-bond acceptors (Lipinski definition) is 3. The minimum absolute atomic E-state index is 0.0507. The molecule has 0 aromatic heterocycles. The van der Waals surface area contributed by atoms with E-state index in [2.05, 4.69) is 6.58 Å². The predicted molar refractivity (Wildman–Crippen MR) is 81.5 cm³/mol. The lowest BCUT2D eigenvalue weighted by molar-refractivity contribution is -0.114. The van der Waals surface area contributed by atoms with E-state index in [9.17, 15) is 9.59 Å². The van der Waals surface area contributed by atoms with Gasteiger partial charge in [-0.25, -0.2) is 4.79 Å². The highest BCUT2D eigenvalue weighted by Gasteiger charge is 2.10. The second-order valence-electron chi connectivity index (χ2n) is 4.70. The van der Waals surface area contributed by atoms with Crippen molar-refractivity contribution in [1.29, 1.82) is 0 Å². The quantitative estimate of drug-likeness (QED) is 0.478. The zero-order valence-corrected chi connectivity index (χ0v) is 11.8. The number of ether oxygens (including phenoxy) is 1. The molecule has 106 valence electrons. The minimum Gasteiger partial charge on any atom is -0.423 e. The molecular formula is C18H16O3. The first-order chi connectivity index (χ1) is 10.1. The lowest BCUT2D eigenvalue weighted by Gasteiger charge is -2.07. The van der Waals surface area contributed by atoms with Gasteiger partial charge in [0.1, 0.15) is 5.75 Å². The molecule has 3 heteroatoms. The van der Waals surface area contributed by atoms with Gasteiger partial charge >= 0.3 is 5.97 Å². The Hall–Kier alpha value is -2.68. The van der Waals surface area contributed by atoms with Crippen molar-refractivity contribution < 1.29 is 14.3 Å².